The second kappa shape index (κ2) is 9.07. The van der Waals surface area contributed by atoms with Crippen LogP contribution in [-0.4, -0.2) is 19.8 Å². The molecule has 0 aliphatic carbocycles. The molecule has 1 atom stereocenters. The third-order valence-electron chi connectivity index (χ3n) is 2.46. The number of nitrogens with one attached hydrogen (secondary N) is 1. The lowest BCUT2D eigenvalue weighted by Crippen LogP contribution is -2.17. The molecule has 0 aromatic heterocycles. The summed E-state index contributed by atoms with van der Waals surface area (Å²) in [6, 6.07) is 0. The fourth-order valence-electron chi connectivity index (χ4n) is 1.13. The highest BCUT2D eigenvalue weighted by molar-refractivity contribution is 4.90. The molecular formula is C12H25NO. The smallest absolute Gasteiger partial charge is 0.0520 e. The zero-order valence-electron chi connectivity index (χ0n) is 9.94. The third-order valence-corrected chi connectivity index (χ3v) is 2.46. The first-order chi connectivity index (χ1) is 6.70. The molecule has 0 aromatic carbocycles. The number of hydrogen-bond donors (Lipinski definition) is 1. The van der Waals surface area contributed by atoms with E-state index in [9.17, 15) is 0 Å². The van der Waals surface area contributed by atoms with E-state index in [4.69, 9.17) is 4.74 Å². The molecule has 0 rings (SSSR count). The average molecular weight is 199 g/mol. The van der Waals surface area contributed by atoms with Crippen LogP contribution in [0.1, 0.15) is 40.0 Å². The molecule has 0 amide bonds. The Morgan fingerprint density at radius 3 is 2.71 bits per heavy atom. The minimum atomic E-state index is 0.783. The summed E-state index contributed by atoms with van der Waals surface area (Å²) in [4.78, 5) is 0. The fourth-order valence-corrected chi connectivity index (χ4v) is 1.13. The topological polar surface area (TPSA) is 21.3 Å². The van der Waals surface area contributed by atoms with Crippen LogP contribution in [0.3, 0.4) is 0 Å². The van der Waals surface area contributed by atoms with Gasteiger partial charge in [0.25, 0.3) is 0 Å². The number of rotatable bonds is 9. The Hall–Kier alpha value is -0.500. The summed E-state index contributed by atoms with van der Waals surface area (Å²) in [6.07, 6.45) is 3.41. The van der Waals surface area contributed by atoms with Crippen LogP contribution in [-0.2, 0) is 4.74 Å². The minimum Gasteiger partial charge on any atom is -0.389 e. The quantitative estimate of drug-likeness (QED) is 0.576. The molecule has 2 heteroatoms. The van der Waals surface area contributed by atoms with Gasteiger partial charge in [-0.25, -0.2) is 0 Å². The summed E-state index contributed by atoms with van der Waals surface area (Å²) in [6.45, 7) is 13.1. The van der Waals surface area contributed by atoms with Gasteiger partial charge in [0.1, 0.15) is 0 Å². The summed E-state index contributed by atoms with van der Waals surface area (Å²) in [5.74, 6) is 0.808. The van der Waals surface area contributed by atoms with E-state index in [2.05, 4.69) is 25.7 Å². The van der Waals surface area contributed by atoms with Crippen LogP contribution < -0.4 is 5.32 Å². The first-order valence-electron chi connectivity index (χ1n) is 5.70. The lowest BCUT2D eigenvalue weighted by Gasteiger charge is -2.12. The molecule has 0 saturated carbocycles. The van der Waals surface area contributed by atoms with Gasteiger partial charge in [-0.3, -0.25) is 0 Å². The monoisotopic (exact) mass is 199 g/mol. The van der Waals surface area contributed by atoms with Crippen molar-refractivity contribution in [3.8, 4) is 0 Å². The van der Waals surface area contributed by atoms with Crippen molar-refractivity contribution in [1.29, 1.82) is 0 Å². The van der Waals surface area contributed by atoms with Crippen molar-refractivity contribution >= 4 is 0 Å². The summed E-state index contributed by atoms with van der Waals surface area (Å²) >= 11 is 0. The van der Waals surface area contributed by atoms with Crippen molar-refractivity contribution < 1.29 is 4.74 Å². The van der Waals surface area contributed by atoms with Gasteiger partial charge in [-0.2, -0.15) is 0 Å². The van der Waals surface area contributed by atoms with Gasteiger partial charge in [-0.1, -0.05) is 26.8 Å². The molecule has 2 nitrogen and oxygen atoms in total. The highest BCUT2D eigenvalue weighted by Gasteiger charge is 1.98. The second-order valence-corrected chi connectivity index (χ2v) is 3.78. The van der Waals surface area contributed by atoms with E-state index < -0.39 is 0 Å². The summed E-state index contributed by atoms with van der Waals surface area (Å²) in [7, 11) is 0. The first-order valence-corrected chi connectivity index (χ1v) is 5.70. The number of ether oxygens (including phenoxy) is 1. The first kappa shape index (κ1) is 13.5. The highest BCUT2D eigenvalue weighted by atomic mass is 16.5. The van der Waals surface area contributed by atoms with Crippen molar-refractivity contribution in [2.75, 3.05) is 19.8 Å². The van der Waals surface area contributed by atoms with Gasteiger partial charge in [0.2, 0.25) is 0 Å². The van der Waals surface area contributed by atoms with Crippen molar-refractivity contribution in [3.05, 3.63) is 12.3 Å². The maximum absolute atomic E-state index is 5.25. The van der Waals surface area contributed by atoms with E-state index in [0.717, 1.165) is 37.8 Å². The van der Waals surface area contributed by atoms with Crippen molar-refractivity contribution in [2.24, 2.45) is 5.92 Å². The molecule has 0 fully saturated rings. The predicted molar refractivity (Wildman–Crippen MR) is 62.3 cm³/mol. The molecule has 14 heavy (non-hydrogen) atoms. The Labute approximate surface area is 88.7 Å². The largest absolute Gasteiger partial charge is 0.389 e. The van der Waals surface area contributed by atoms with E-state index in [0.29, 0.717) is 0 Å². The van der Waals surface area contributed by atoms with E-state index in [-0.39, 0.29) is 0 Å². The van der Waals surface area contributed by atoms with Gasteiger partial charge in [0.15, 0.2) is 0 Å². The van der Waals surface area contributed by atoms with Crippen LogP contribution in [0.5, 0.6) is 0 Å². The molecule has 0 heterocycles. The lowest BCUT2D eigenvalue weighted by molar-refractivity contribution is 0.149. The molecule has 0 aliphatic rings. The molecule has 0 saturated heterocycles. The van der Waals surface area contributed by atoms with Gasteiger partial charge in [0.05, 0.1) is 6.61 Å². The average Bonchev–Trinajstić information content (AvgIpc) is 2.18. The standard InChI is InChI=1S/C12H25NO/c1-5-11(3)7-9-13-12(4)8-10-14-6-2/h11,13H,4-10H2,1-3H3. The van der Waals surface area contributed by atoms with Crippen LogP contribution in [0.2, 0.25) is 0 Å². The fraction of sp³-hybridized carbons (Fsp3) is 0.833. The molecule has 1 unspecified atom stereocenters. The van der Waals surface area contributed by atoms with Crippen LogP contribution in [0.4, 0.5) is 0 Å². The Morgan fingerprint density at radius 2 is 2.14 bits per heavy atom. The normalized spacial score (nSPS) is 12.5. The van der Waals surface area contributed by atoms with Gasteiger partial charge < -0.3 is 10.1 Å². The second-order valence-electron chi connectivity index (χ2n) is 3.78. The molecule has 0 bridgehead atoms. The molecular weight excluding hydrogens is 174 g/mol. The summed E-state index contributed by atoms with van der Waals surface area (Å²) in [5, 5.41) is 3.33. The zero-order valence-corrected chi connectivity index (χ0v) is 9.94. The predicted octanol–water partition coefficient (Wildman–Crippen LogP) is 2.95. The molecule has 0 spiro atoms. The molecule has 0 radical (unpaired) electrons. The van der Waals surface area contributed by atoms with E-state index in [1.54, 1.807) is 0 Å². The van der Waals surface area contributed by atoms with E-state index >= 15 is 0 Å². The third kappa shape index (κ3) is 8.11. The summed E-state index contributed by atoms with van der Waals surface area (Å²) < 4.78 is 5.25. The van der Waals surface area contributed by atoms with Gasteiger partial charge in [-0.15, -0.1) is 0 Å². The maximum atomic E-state index is 5.25. The Morgan fingerprint density at radius 1 is 1.43 bits per heavy atom. The van der Waals surface area contributed by atoms with Crippen LogP contribution in [0, 0.1) is 5.92 Å². The Kier molecular flexibility index (Phi) is 8.75. The molecule has 1 N–H and O–H groups in total. The van der Waals surface area contributed by atoms with Crippen molar-refractivity contribution in [2.45, 2.75) is 40.0 Å². The Bertz CT molecular complexity index is 145. The van der Waals surface area contributed by atoms with Crippen LogP contribution >= 0.6 is 0 Å². The summed E-state index contributed by atoms with van der Waals surface area (Å²) in [5.41, 5.74) is 1.10. The van der Waals surface area contributed by atoms with E-state index in [1.807, 2.05) is 6.92 Å². The SMILES string of the molecule is C=C(CCOCC)NCCC(C)CC. The molecule has 0 aromatic rings. The lowest BCUT2D eigenvalue weighted by atomic mass is 10.1. The Balaban J connectivity index is 3.26. The zero-order chi connectivity index (χ0) is 10.8. The van der Waals surface area contributed by atoms with Gasteiger partial charge in [0, 0.05) is 25.3 Å². The molecule has 84 valence electrons. The van der Waals surface area contributed by atoms with Crippen molar-refractivity contribution in [3.63, 3.8) is 0 Å². The number of hydrogen-bond acceptors (Lipinski definition) is 2. The van der Waals surface area contributed by atoms with E-state index in [1.165, 1.54) is 12.8 Å². The maximum Gasteiger partial charge on any atom is 0.0520 e. The van der Waals surface area contributed by atoms with Gasteiger partial charge >= 0.3 is 0 Å². The van der Waals surface area contributed by atoms with Crippen LogP contribution in [0.15, 0.2) is 12.3 Å². The highest BCUT2D eigenvalue weighted by Crippen LogP contribution is 2.05. The molecule has 0 aliphatic heterocycles. The minimum absolute atomic E-state index is 0.783. The van der Waals surface area contributed by atoms with Gasteiger partial charge in [-0.05, 0) is 19.3 Å². The van der Waals surface area contributed by atoms with Crippen molar-refractivity contribution in [1.82, 2.24) is 5.32 Å². The van der Waals surface area contributed by atoms with Crippen LogP contribution in [0.25, 0.3) is 0 Å².